The third-order valence-corrected chi connectivity index (χ3v) is 4.57. The predicted octanol–water partition coefficient (Wildman–Crippen LogP) is 5.25. The van der Waals surface area contributed by atoms with E-state index in [0.717, 1.165) is 25.7 Å². The van der Waals surface area contributed by atoms with Gasteiger partial charge < -0.3 is 10.0 Å². The van der Waals surface area contributed by atoms with Crippen molar-refractivity contribution >= 4 is 24.0 Å². The molecule has 2 nitrogen and oxygen atoms in total. The van der Waals surface area contributed by atoms with E-state index in [1.54, 1.807) is 0 Å². The van der Waals surface area contributed by atoms with Gasteiger partial charge in [-0.1, -0.05) is 65.2 Å². The maximum Gasteiger partial charge on any atom is 0.0858 e. The van der Waals surface area contributed by atoms with E-state index in [2.05, 4.69) is 18.7 Å². The molecule has 0 heterocycles. The first-order valence-electron chi connectivity index (χ1n) is 8.53. The van der Waals surface area contributed by atoms with Crippen LogP contribution in [0.4, 0.5) is 0 Å². The summed E-state index contributed by atoms with van der Waals surface area (Å²) in [4.78, 5) is 2.11. The quantitative estimate of drug-likeness (QED) is 0.365. The second-order valence-electron chi connectivity index (χ2n) is 6.24. The lowest BCUT2D eigenvalue weighted by atomic mass is 9.98. The van der Waals surface area contributed by atoms with E-state index in [9.17, 15) is 5.11 Å². The topological polar surface area (TPSA) is 23.5 Å². The van der Waals surface area contributed by atoms with E-state index in [-0.39, 0.29) is 23.8 Å². The Kier molecular flexibility index (Phi) is 17.4. The minimum atomic E-state index is -0.410. The molecule has 3 atom stereocenters. The Labute approximate surface area is 144 Å². The zero-order valence-electron chi connectivity index (χ0n) is 14.5. The molecule has 0 bridgehead atoms. The normalized spacial score (nSPS) is 15.6. The Morgan fingerprint density at radius 2 is 1.38 bits per heavy atom. The summed E-state index contributed by atoms with van der Waals surface area (Å²) < 4.78 is 0. The minimum Gasteiger partial charge on any atom is -0.390 e. The summed E-state index contributed by atoms with van der Waals surface area (Å²) in [6.07, 6.45) is 11.7. The first-order chi connectivity index (χ1) is 9.54. The molecule has 0 aromatic carbocycles. The molecule has 3 unspecified atom stereocenters. The van der Waals surface area contributed by atoms with E-state index in [1.165, 1.54) is 38.5 Å². The smallest absolute Gasteiger partial charge is 0.0858 e. The fourth-order valence-corrected chi connectivity index (χ4v) is 3.06. The second-order valence-corrected chi connectivity index (χ2v) is 6.80. The maximum absolute atomic E-state index is 10.4. The molecule has 0 aliphatic rings. The van der Waals surface area contributed by atoms with Crippen LogP contribution in [-0.4, -0.2) is 41.6 Å². The molecule has 0 spiro atoms. The van der Waals surface area contributed by atoms with Crippen molar-refractivity contribution in [2.45, 2.75) is 95.6 Å². The third kappa shape index (κ3) is 11.7. The number of halogens is 2. The van der Waals surface area contributed by atoms with Crippen molar-refractivity contribution in [2.24, 2.45) is 0 Å². The summed E-state index contributed by atoms with van der Waals surface area (Å²) in [5.41, 5.74) is 0. The van der Waals surface area contributed by atoms with Crippen molar-refractivity contribution in [3.63, 3.8) is 0 Å². The van der Waals surface area contributed by atoms with Crippen LogP contribution < -0.4 is 0 Å². The number of rotatable bonds is 13. The average molecular weight is 342 g/mol. The molecule has 1 N–H and O–H groups in total. The predicted molar refractivity (Wildman–Crippen MR) is 97.9 cm³/mol. The Balaban J connectivity index is 0. The molecule has 0 aromatic rings. The number of aliphatic hydroxyl groups excluding tert-OH is 1. The molecule has 130 valence electrons. The first-order valence-corrected chi connectivity index (χ1v) is 8.96. The number of likely N-dealkylation sites (N-methyl/N-ethyl adjacent to an activating group) is 1. The van der Waals surface area contributed by atoms with E-state index >= 15 is 0 Å². The highest BCUT2D eigenvalue weighted by Gasteiger charge is 2.26. The van der Waals surface area contributed by atoms with Gasteiger partial charge in [0.25, 0.3) is 0 Å². The van der Waals surface area contributed by atoms with Gasteiger partial charge in [0.15, 0.2) is 0 Å². The second kappa shape index (κ2) is 15.4. The minimum absolute atomic E-state index is 0. The summed E-state index contributed by atoms with van der Waals surface area (Å²) >= 11 is 6.39. The molecular weight excluding hydrogens is 305 g/mol. The molecule has 0 amide bonds. The van der Waals surface area contributed by atoms with Gasteiger partial charge >= 0.3 is 0 Å². The highest BCUT2D eigenvalue weighted by Crippen LogP contribution is 2.20. The summed E-state index contributed by atoms with van der Waals surface area (Å²) in [6.45, 7) is 4.40. The zero-order valence-corrected chi connectivity index (χ0v) is 16.1. The molecule has 21 heavy (non-hydrogen) atoms. The van der Waals surface area contributed by atoms with Crippen molar-refractivity contribution in [3.05, 3.63) is 0 Å². The van der Waals surface area contributed by atoms with Gasteiger partial charge in [0.1, 0.15) is 0 Å². The van der Waals surface area contributed by atoms with Crippen molar-refractivity contribution in [3.8, 4) is 0 Å². The lowest BCUT2D eigenvalue weighted by molar-refractivity contribution is 0.0648. The zero-order chi connectivity index (χ0) is 15.4. The monoisotopic (exact) mass is 341 g/mol. The molecule has 0 radical (unpaired) electrons. The molecule has 0 saturated heterocycles. The molecule has 0 aromatic heterocycles. The van der Waals surface area contributed by atoms with Crippen LogP contribution in [0.25, 0.3) is 0 Å². The van der Waals surface area contributed by atoms with Gasteiger partial charge in [-0.15, -0.1) is 24.0 Å². The summed E-state index contributed by atoms with van der Waals surface area (Å²) in [6, 6.07) is 0.187. The summed E-state index contributed by atoms with van der Waals surface area (Å²) in [5.74, 6) is 0. The highest BCUT2D eigenvalue weighted by molar-refractivity contribution is 6.21. The Morgan fingerprint density at radius 3 is 1.86 bits per heavy atom. The van der Waals surface area contributed by atoms with Crippen LogP contribution in [0.2, 0.25) is 0 Å². The van der Waals surface area contributed by atoms with Crippen molar-refractivity contribution < 1.29 is 5.11 Å². The van der Waals surface area contributed by atoms with Crippen LogP contribution in [0.1, 0.15) is 78.1 Å². The fraction of sp³-hybridized carbons (Fsp3) is 1.00. The van der Waals surface area contributed by atoms with Crippen molar-refractivity contribution in [1.82, 2.24) is 4.90 Å². The number of unbranched alkanes of at least 4 members (excludes halogenated alkanes) is 6. The lowest BCUT2D eigenvalue weighted by Crippen LogP contribution is -2.43. The van der Waals surface area contributed by atoms with Gasteiger partial charge in [0, 0.05) is 6.04 Å². The van der Waals surface area contributed by atoms with Gasteiger partial charge in [-0.2, -0.15) is 0 Å². The Morgan fingerprint density at radius 1 is 0.857 bits per heavy atom. The standard InChI is InChI=1S/C17H36ClNO.ClH/c1-5-7-8-9-10-11-12-14-15(18)17(20)16(13-6-2)19(3)4;/h15-17,20H,5-14H2,1-4H3;1H. The van der Waals surface area contributed by atoms with Crippen LogP contribution in [0.3, 0.4) is 0 Å². The third-order valence-electron chi connectivity index (χ3n) is 4.10. The van der Waals surface area contributed by atoms with Gasteiger partial charge in [-0.25, -0.2) is 0 Å². The van der Waals surface area contributed by atoms with Gasteiger partial charge in [-0.05, 0) is 26.9 Å². The van der Waals surface area contributed by atoms with Gasteiger partial charge in [-0.3, -0.25) is 0 Å². The summed E-state index contributed by atoms with van der Waals surface area (Å²) in [7, 11) is 4.06. The fourth-order valence-electron chi connectivity index (χ4n) is 2.74. The van der Waals surface area contributed by atoms with E-state index in [4.69, 9.17) is 11.6 Å². The lowest BCUT2D eigenvalue weighted by Gasteiger charge is -2.31. The number of hydrogen-bond acceptors (Lipinski definition) is 2. The van der Waals surface area contributed by atoms with Crippen LogP contribution in [0.5, 0.6) is 0 Å². The highest BCUT2D eigenvalue weighted by atomic mass is 35.5. The average Bonchev–Trinajstić information content (AvgIpc) is 2.42. The van der Waals surface area contributed by atoms with Crippen molar-refractivity contribution in [2.75, 3.05) is 14.1 Å². The van der Waals surface area contributed by atoms with Crippen LogP contribution >= 0.6 is 24.0 Å². The van der Waals surface area contributed by atoms with E-state index in [0.29, 0.717) is 0 Å². The molecule has 4 heteroatoms. The Hall–Kier alpha value is 0.500. The van der Waals surface area contributed by atoms with Crippen molar-refractivity contribution in [1.29, 1.82) is 0 Å². The number of alkyl halides is 1. The maximum atomic E-state index is 10.4. The molecule has 0 rings (SSSR count). The van der Waals surface area contributed by atoms with Gasteiger partial charge in [0.2, 0.25) is 0 Å². The SMILES string of the molecule is CCCCCCCCCC(Cl)C(O)C(CCC)N(C)C.Cl. The molecule has 0 aliphatic carbocycles. The molecular formula is C17H37Cl2NO. The molecule has 0 saturated carbocycles. The number of aliphatic hydroxyl groups is 1. The molecule has 0 aliphatic heterocycles. The molecule has 0 fully saturated rings. The van der Waals surface area contributed by atoms with E-state index in [1.807, 2.05) is 14.1 Å². The largest absolute Gasteiger partial charge is 0.390 e. The van der Waals surface area contributed by atoms with E-state index < -0.39 is 6.10 Å². The van der Waals surface area contributed by atoms with Crippen LogP contribution in [0, 0.1) is 0 Å². The number of nitrogens with zero attached hydrogens (tertiary/aromatic N) is 1. The summed E-state index contributed by atoms with van der Waals surface area (Å²) in [5, 5.41) is 10.3. The van der Waals surface area contributed by atoms with Gasteiger partial charge in [0.05, 0.1) is 11.5 Å². The Bertz CT molecular complexity index is 215. The first kappa shape index (κ1) is 23.8. The van der Waals surface area contributed by atoms with Crippen LogP contribution in [0.15, 0.2) is 0 Å². The number of hydrogen-bond donors (Lipinski definition) is 1. The van der Waals surface area contributed by atoms with Crippen LogP contribution in [-0.2, 0) is 0 Å².